The molecule has 1 unspecified atom stereocenters. The van der Waals surface area contributed by atoms with Gasteiger partial charge in [-0.2, -0.15) is 0 Å². The summed E-state index contributed by atoms with van der Waals surface area (Å²) in [6.07, 6.45) is 0. The summed E-state index contributed by atoms with van der Waals surface area (Å²) in [7, 11) is 1.69. The van der Waals surface area contributed by atoms with Gasteiger partial charge in [0.15, 0.2) is 0 Å². The second-order valence-corrected chi connectivity index (χ2v) is 4.09. The van der Waals surface area contributed by atoms with Crippen molar-refractivity contribution in [1.29, 1.82) is 0 Å². The first-order valence-electron chi connectivity index (χ1n) is 5.37. The fraction of sp³-hybridized carbons (Fsp3) is 0.417. The molecule has 0 aliphatic heterocycles. The van der Waals surface area contributed by atoms with Crippen molar-refractivity contribution in [3.63, 3.8) is 0 Å². The molecule has 1 heterocycles. The third-order valence-electron chi connectivity index (χ3n) is 2.80. The molecule has 1 aromatic carbocycles. The molecule has 16 heavy (non-hydrogen) atoms. The van der Waals surface area contributed by atoms with Crippen LogP contribution in [0, 0.1) is 6.92 Å². The van der Waals surface area contributed by atoms with Gasteiger partial charge in [-0.15, -0.1) is 0 Å². The maximum absolute atomic E-state index is 5.95. The summed E-state index contributed by atoms with van der Waals surface area (Å²) in [5.74, 6) is 0.550. The smallest absolute Gasteiger partial charge is 0.201 e. The van der Waals surface area contributed by atoms with E-state index in [9.17, 15) is 0 Å². The Morgan fingerprint density at radius 2 is 2.25 bits per heavy atom. The van der Waals surface area contributed by atoms with Crippen molar-refractivity contribution in [3.05, 3.63) is 23.8 Å². The number of fused-ring (bicyclic) bond motifs is 1. The minimum absolute atomic E-state index is 0.191. The standard InChI is InChI=1S/C12H17N3O/c1-8-5-4-6-10-11(8)14-12(13)15(10)9(2)7-16-3/h4-6,9H,7H2,1-3H3,(H2,13,14). The number of anilines is 1. The first-order chi connectivity index (χ1) is 7.65. The van der Waals surface area contributed by atoms with Crippen LogP contribution in [0.5, 0.6) is 0 Å². The summed E-state index contributed by atoms with van der Waals surface area (Å²) in [4.78, 5) is 4.40. The van der Waals surface area contributed by atoms with Crippen LogP contribution in [-0.2, 0) is 4.74 Å². The highest BCUT2D eigenvalue weighted by Gasteiger charge is 2.14. The van der Waals surface area contributed by atoms with Gasteiger partial charge in [0, 0.05) is 7.11 Å². The molecule has 0 saturated carbocycles. The Labute approximate surface area is 95.0 Å². The SMILES string of the molecule is COCC(C)n1c(N)nc2c(C)cccc21. The zero-order chi connectivity index (χ0) is 11.7. The Morgan fingerprint density at radius 1 is 1.50 bits per heavy atom. The molecule has 0 radical (unpaired) electrons. The maximum Gasteiger partial charge on any atom is 0.201 e. The van der Waals surface area contributed by atoms with Crippen molar-refractivity contribution in [3.8, 4) is 0 Å². The molecule has 1 aromatic heterocycles. The summed E-state index contributed by atoms with van der Waals surface area (Å²) in [6.45, 7) is 4.74. The first-order valence-corrected chi connectivity index (χ1v) is 5.37. The minimum Gasteiger partial charge on any atom is -0.383 e. The number of aryl methyl sites for hydroxylation is 1. The average Bonchev–Trinajstić information content (AvgIpc) is 2.56. The number of nitrogens with two attached hydrogens (primary N) is 1. The maximum atomic E-state index is 5.95. The van der Waals surface area contributed by atoms with Crippen LogP contribution < -0.4 is 5.73 Å². The lowest BCUT2D eigenvalue weighted by Crippen LogP contribution is -2.13. The molecule has 1 atom stereocenters. The second kappa shape index (κ2) is 4.14. The Hall–Kier alpha value is -1.55. The number of benzene rings is 1. The van der Waals surface area contributed by atoms with Gasteiger partial charge in [-0.05, 0) is 25.5 Å². The Bertz CT molecular complexity index is 504. The molecule has 4 heteroatoms. The Morgan fingerprint density at radius 3 is 2.94 bits per heavy atom. The summed E-state index contributed by atoms with van der Waals surface area (Å²) in [5.41, 5.74) is 9.14. The van der Waals surface area contributed by atoms with Gasteiger partial charge < -0.3 is 15.0 Å². The van der Waals surface area contributed by atoms with E-state index in [1.165, 1.54) is 0 Å². The van der Waals surface area contributed by atoms with Crippen molar-refractivity contribution in [2.75, 3.05) is 19.5 Å². The number of ether oxygens (including phenoxy) is 1. The van der Waals surface area contributed by atoms with Gasteiger partial charge in [0.1, 0.15) is 0 Å². The molecular weight excluding hydrogens is 202 g/mol. The first kappa shape index (κ1) is 11.0. The third-order valence-corrected chi connectivity index (χ3v) is 2.80. The summed E-state index contributed by atoms with van der Waals surface area (Å²) >= 11 is 0. The van der Waals surface area contributed by atoms with Crippen LogP contribution in [0.2, 0.25) is 0 Å². The van der Waals surface area contributed by atoms with Gasteiger partial charge in [-0.1, -0.05) is 12.1 Å². The van der Waals surface area contributed by atoms with E-state index in [2.05, 4.69) is 11.9 Å². The molecule has 0 saturated heterocycles. The summed E-state index contributed by atoms with van der Waals surface area (Å²) in [6, 6.07) is 6.30. The molecule has 2 rings (SSSR count). The van der Waals surface area contributed by atoms with Crippen LogP contribution in [0.25, 0.3) is 11.0 Å². The number of para-hydroxylation sites is 1. The Balaban J connectivity index is 2.60. The van der Waals surface area contributed by atoms with Crippen LogP contribution in [0.4, 0.5) is 5.95 Å². The number of rotatable bonds is 3. The van der Waals surface area contributed by atoms with Crippen LogP contribution in [0.1, 0.15) is 18.5 Å². The van der Waals surface area contributed by atoms with Gasteiger partial charge in [0.2, 0.25) is 5.95 Å². The average molecular weight is 219 g/mol. The lowest BCUT2D eigenvalue weighted by Gasteiger charge is -2.14. The second-order valence-electron chi connectivity index (χ2n) is 4.09. The van der Waals surface area contributed by atoms with Gasteiger partial charge >= 0.3 is 0 Å². The summed E-state index contributed by atoms with van der Waals surface area (Å²) < 4.78 is 7.18. The molecule has 0 aliphatic rings. The fourth-order valence-electron chi connectivity index (χ4n) is 2.05. The highest BCUT2D eigenvalue weighted by Crippen LogP contribution is 2.24. The van der Waals surface area contributed by atoms with Gasteiger partial charge in [-0.25, -0.2) is 4.98 Å². The quantitative estimate of drug-likeness (QED) is 0.860. The highest BCUT2D eigenvalue weighted by molar-refractivity contribution is 5.81. The molecule has 0 spiro atoms. The van der Waals surface area contributed by atoms with E-state index < -0.39 is 0 Å². The molecule has 2 N–H and O–H groups in total. The van der Waals surface area contributed by atoms with E-state index in [1.54, 1.807) is 7.11 Å². The number of nitrogen functional groups attached to an aromatic ring is 1. The molecular formula is C12H17N3O. The number of methoxy groups -OCH3 is 1. The molecule has 4 nitrogen and oxygen atoms in total. The zero-order valence-corrected chi connectivity index (χ0v) is 9.90. The molecule has 86 valence electrons. The minimum atomic E-state index is 0.191. The van der Waals surface area contributed by atoms with Gasteiger partial charge in [0.05, 0.1) is 23.7 Å². The predicted octanol–water partition coefficient (Wildman–Crippen LogP) is 2.13. The highest BCUT2D eigenvalue weighted by atomic mass is 16.5. The van der Waals surface area contributed by atoms with E-state index in [1.807, 2.05) is 29.7 Å². The monoisotopic (exact) mass is 219 g/mol. The van der Waals surface area contributed by atoms with E-state index in [-0.39, 0.29) is 6.04 Å². The molecule has 0 amide bonds. The van der Waals surface area contributed by atoms with E-state index in [0.29, 0.717) is 12.6 Å². The third kappa shape index (κ3) is 1.65. The van der Waals surface area contributed by atoms with Crippen molar-refractivity contribution < 1.29 is 4.74 Å². The van der Waals surface area contributed by atoms with Crippen LogP contribution >= 0.6 is 0 Å². The van der Waals surface area contributed by atoms with Crippen LogP contribution in [0.15, 0.2) is 18.2 Å². The number of hydrogen-bond donors (Lipinski definition) is 1. The fourth-order valence-corrected chi connectivity index (χ4v) is 2.05. The van der Waals surface area contributed by atoms with Gasteiger partial charge in [0.25, 0.3) is 0 Å². The lowest BCUT2D eigenvalue weighted by molar-refractivity contribution is 0.164. The van der Waals surface area contributed by atoms with E-state index in [0.717, 1.165) is 16.6 Å². The molecule has 2 aromatic rings. The van der Waals surface area contributed by atoms with Crippen LogP contribution in [-0.4, -0.2) is 23.3 Å². The molecule has 0 aliphatic carbocycles. The van der Waals surface area contributed by atoms with Gasteiger partial charge in [-0.3, -0.25) is 0 Å². The predicted molar refractivity (Wildman–Crippen MR) is 65.5 cm³/mol. The Kier molecular flexibility index (Phi) is 2.83. The zero-order valence-electron chi connectivity index (χ0n) is 9.90. The van der Waals surface area contributed by atoms with Crippen LogP contribution in [0.3, 0.4) is 0 Å². The normalized spacial score (nSPS) is 13.2. The van der Waals surface area contributed by atoms with Crippen molar-refractivity contribution in [1.82, 2.24) is 9.55 Å². The molecule has 0 fully saturated rings. The van der Waals surface area contributed by atoms with E-state index >= 15 is 0 Å². The topological polar surface area (TPSA) is 53.1 Å². The lowest BCUT2D eigenvalue weighted by atomic mass is 10.2. The van der Waals surface area contributed by atoms with Crippen molar-refractivity contribution in [2.24, 2.45) is 0 Å². The van der Waals surface area contributed by atoms with Crippen molar-refractivity contribution in [2.45, 2.75) is 19.9 Å². The van der Waals surface area contributed by atoms with E-state index in [4.69, 9.17) is 10.5 Å². The number of nitrogens with zero attached hydrogens (tertiary/aromatic N) is 2. The summed E-state index contributed by atoms with van der Waals surface area (Å²) in [5, 5.41) is 0. The number of hydrogen-bond acceptors (Lipinski definition) is 3. The number of imidazole rings is 1. The van der Waals surface area contributed by atoms with Crippen molar-refractivity contribution >= 4 is 17.0 Å². The molecule has 0 bridgehead atoms. The number of aromatic nitrogens is 2. The largest absolute Gasteiger partial charge is 0.383 e.